The topological polar surface area (TPSA) is 97.8 Å². The molecule has 0 bridgehead atoms. The summed E-state index contributed by atoms with van der Waals surface area (Å²) in [4.78, 5) is 10.3. The summed E-state index contributed by atoms with van der Waals surface area (Å²) in [5.41, 5.74) is 5.19. The van der Waals surface area contributed by atoms with Crippen LogP contribution in [0.5, 0.6) is 0 Å². The Balaban J connectivity index is 2.46. The maximum atomic E-state index is 13.3. The fourth-order valence-electron chi connectivity index (χ4n) is 1.06. The third-order valence-electron chi connectivity index (χ3n) is 1.78. The van der Waals surface area contributed by atoms with E-state index in [0.29, 0.717) is 4.88 Å². The van der Waals surface area contributed by atoms with Gasteiger partial charge in [0.05, 0.1) is 15.2 Å². The number of aromatic amines is 1. The lowest BCUT2D eigenvalue weighted by Crippen LogP contribution is -1.86. The van der Waals surface area contributed by atoms with Gasteiger partial charge in [0.1, 0.15) is 5.69 Å². The lowest BCUT2D eigenvalue weighted by molar-refractivity contribution is -0.384. The maximum Gasteiger partial charge on any atom is 0.280 e. The van der Waals surface area contributed by atoms with E-state index in [1.807, 2.05) is 0 Å². The van der Waals surface area contributed by atoms with Crippen LogP contribution >= 0.6 is 11.3 Å². The molecule has 2 aromatic heterocycles. The van der Waals surface area contributed by atoms with Crippen LogP contribution in [0.15, 0.2) is 11.4 Å². The van der Waals surface area contributed by atoms with Gasteiger partial charge >= 0.3 is 0 Å². The molecule has 0 amide bonds. The van der Waals surface area contributed by atoms with E-state index in [4.69, 9.17) is 5.73 Å². The van der Waals surface area contributed by atoms with Gasteiger partial charge in [0, 0.05) is 6.07 Å². The number of nitrogens with two attached hydrogens (primary N) is 1. The molecule has 8 heteroatoms. The van der Waals surface area contributed by atoms with E-state index >= 15 is 0 Å². The van der Waals surface area contributed by atoms with Crippen LogP contribution in [0.25, 0.3) is 10.6 Å². The molecule has 2 rings (SSSR count). The predicted octanol–water partition coefficient (Wildman–Crippen LogP) is 1.77. The van der Waals surface area contributed by atoms with Gasteiger partial charge in [-0.15, -0.1) is 11.3 Å². The summed E-state index contributed by atoms with van der Waals surface area (Å²) in [5, 5.41) is 17.6. The molecule has 78 valence electrons. The number of nitrogens with one attached hydrogen (secondary N) is 1. The highest BCUT2D eigenvalue weighted by Gasteiger charge is 2.17. The Labute approximate surface area is 86.7 Å². The highest BCUT2D eigenvalue weighted by atomic mass is 32.1. The number of hydrogen-bond donors (Lipinski definition) is 2. The number of aromatic nitrogens is 2. The normalized spacial score (nSPS) is 10.5. The Morgan fingerprint density at radius 2 is 2.40 bits per heavy atom. The number of halogens is 1. The first-order chi connectivity index (χ1) is 7.09. The second-order valence-electron chi connectivity index (χ2n) is 2.72. The zero-order valence-corrected chi connectivity index (χ0v) is 8.05. The third kappa shape index (κ3) is 1.54. The Morgan fingerprint density at radius 1 is 1.67 bits per heavy atom. The number of nitro groups is 1. The smallest absolute Gasteiger partial charge is 0.280 e. The molecule has 0 aliphatic carbocycles. The van der Waals surface area contributed by atoms with Crippen molar-refractivity contribution in [2.45, 2.75) is 0 Å². The van der Waals surface area contributed by atoms with Gasteiger partial charge in [-0.2, -0.15) is 5.10 Å². The molecule has 0 radical (unpaired) electrons. The fraction of sp³-hybridized carbons (Fsp3) is 0. The number of nitrogens with zero attached hydrogens (tertiary/aromatic N) is 2. The molecule has 2 heterocycles. The van der Waals surface area contributed by atoms with Crippen molar-refractivity contribution in [2.24, 2.45) is 0 Å². The van der Waals surface area contributed by atoms with Gasteiger partial charge < -0.3 is 5.73 Å². The van der Waals surface area contributed by atoms with Crippen molar-refractivity contribution in [3.8, 4) is 10.6 Å². The van der Waals surface area contributed by atoms with E-state index in [9.17, 15) is 14.5 Å². The largest absolute Gasteiger partial charge is 0.380 e. The average molecular weight is 228 g/mol. The highest BCUT2D eigenvalue weighted by molar-refractivity contribution is 7.13. The average Bonchev–Trinajstić information content (AvgIpc) is 2.76. The molecule has 0 atom stereocenters. The van der Waals surface area contributed by atoms with Gasteiger partial charge in [-0.25, -0.2) is 4.39 Å². The number of anilines is 1. The Kier molecular flexibility index (Phi) is 2.12. The SMILES string of the molecule is Nc1n[nH]c(-c2cc([N+](=O)[O-])cs2)c1F. The fourth-order valence-corrected chi connectivity index (χ4v) is 1.90. The minimum atomic E-state index is -0.688. The first-order valence-electron chi connectivity index (χ1n) is 3.82. The van der Waals surface area contributed by atoms with Crippen LogP contribution in [0.3, 0.4) is 0 Å². The van der Waals surface area contributed by atoms with Crippen LogP contribution in [0.1, 0.15) is 0 Å². The lowest BCUT2D eigenvalue weighted by Gasteiger charge is -1.89. The quantitative estimate of drug-likeness (QED) is 0.604. The molecular formula is C7H5FN4O2S. The standard InChI is InChI=1S/C7H5FN4O2S/c8-5-6(10-11-7(5)9)4-1-3(2-15-4)12(13)14/h1-2H,(H3,9,10,11). The molecular weight excluding hydrogens is 223 g/mol. The van der Waals surface area contributed by atoms with Crippen molar-refractivity contribution < 1.29 is 9.31 Å². The van der Waals surface area contributed by atoms with E-state index in [2.05, 4.69) is 10.2 Å². The molecule has 0 aromatic carbocycles. The number of hydrogen-bond acceptors (Lipinski definition) is 5. The first-order valence-corrected chi connectivity index (χ1v) is 4.70. The van der Waals surface area contributed by atoms with Crippen LogP contribution in [0.2, 0.25) is 0 Å². The summed E-state index contributed by atoms with van der Waals surface area (Å²) in [5.74, 6) is -0.937. The van der Waals surface area contributed by atoms with Crippen LogP contribution < -0.4 is 5.73 Å². The van der Waals surface area contributed by atoms with Crippen LogP contribution in [-0.2, 0) is 0 Å². The molecule has 0 saturated carbocycles. The second-order valence-corrected chi connectivity index (χ2v) is 3.64. The van der Waals surface area contributed by atoms with Crippen LogP contribution in [0.4, 0.5) is 15.9 Å². The first kappa shape index (κ1) is 9.59. The molecule has 3 N–H and O–H groups in total. The third-order valence-corrected chi connectivity index (χ3v) is 2.71. The van der Waals surface area contributed by atoms with Gasteiger partial charge in [0.2, 0.25) is 0 Å². The van der Waals surface area contributed by atoms with Crippen molar-refractivity contribution in [3.05, 3.63) is 27.4 Å². The lowest BCUT2D eigenvalue weighted by atomic mass is 10.3. The van der Waals surface area contributed by atoms with Crippen LogP contribution in [-0.4, -0.2) is 15.1 Å². The second kappa shape index (κ2) is 3.31. The van der Waals surface area contributed by atoms with E-state index in [-0.39, 0.29) is 17.2 Å². The highest BCUT2D eigenvalue weighted by Crippen LogP contribution is 2.32. The molecule has 2 aromatic rings. The van der Waals surface area contributed by atoms with Gasteiger partial charge in [-0.05, 0) is 0 Å². The number of H-pyrrole nitrogens is 1. The molecule has 0 unspecified atom stereocenters. The molecule has 0 saturated heterocycles. The Hall–Kier alpha value is -1.96. The number of rotatable bonds is 2. The van der Waals surface area contributed by atoms with Gasteiger partial charge in [0.25, 0.3) is 5.69 Å². The Morgan fingerprint density at radius 3 is 2.87 bits per heavy atom. The monoisotopic (exact) mass is 228 g/mol. The van der Waals surface area contributed by atoms with E-state index in [0.717, 1.165) is 11.3 Å². The number of nitrogen functional groups attached to an aromatic ring is 1. The van der Waals surface area contributed by atoms with Gasteiger partial charge in [-0.3, -0.25) is 15.2 Å². The van der Waals surface area contributed by atoms with E-state index in [1.54, 1.807) is 0 Å². The van der Waals surface area contributed by atoms with Crippen molar-refractivity contribution in [3.63, 3.8) is 0 Å². The van der Waals surface area contributed by atoms with E-state index < -0.39 is 10.7 Å². The summed E-state index contributed by atoms with van der Waals surface area (Å²) >= 11 is 1.05. The molecule has 0 fully saturated rings. The zero-order valence-electron chi connectivity index (χ0n) is 7.23. The summed E-state index contributed by atoms with van der Waals surface area (Å²) < 4.78 is 13.3. The molecule has 6 nitrogen and oxygen atoms in total. The predicted molar refractivity (Wildman–Crippen MR) is 52.9 cm³/mol. The minimum absolute atomic E-state index is 0.0746. The van der Waals surface area contributed by atoms with Crippen molar-refractivity contribution >= 4 is 22.8 Å². The maximum absolute atomic E-state index is 13.3. The van der Waals surface area contributed by atoms with Crippen LogP contribution in [0, 0.1) is 15.9 Å². The Bertz CT molecular complexity index is 521. The van der Waals surface area contributed by atoms with Crippen molar-refractivity contribution in [1.29, 1.82) is 0 Å². The summed E-state index contributed by atoms with van der Waals surface area (Å²) in [6.45, 7) is 0. The van der Waals surface area contributed by atoms with E-state index in [1.165, 1.54) is 11.4 Å². The summed E-state index contributed by atoms with van der Waals surface area (Å²) in [6.07, 6.45) is 0. The summed E-state index contributed by atoms with van der Waals surface area (Å²) in [7, 11) is 0. The van der Waals surface area contributed by atoms with Gasteiger partial charge in [-0.1, -0.05) is 0 Å². The minimum Gasteiger partial charge on any atom is -0.380 e. The van der Waals surface area contributed by atoms with Gasteiger partial charge in [0.15, 0.2) is 11.6 Å². The molecule has 0 aliphatic rings. The molecule has 0 aliphatic heterocycles. The molecule has 15 heavy (non-hydrogen) atoms. The number of thiophene rings is 1. The molecule has 0 spiro atoms. The summed E-state index contributed by atoms with van der Waals surface area (Å²) in [6, 6.07) is 1.26. The van der Waals surface area contributed by atoms with Crippen molar-refractivity contribution in [2.75, 3.05) is 5.73 Å². The zero-order chi connectivity index (χ0) is 11.0. The van der Waals surface area contributed by atoms with Crippen molar-refractivity contribution in [1.82, 2.24) is 10.2 Å².